The van der Waals surface area contributed by atoms with E-state index < -0.39 is 18.1 Å². The van der Waals surface area contributed by atoms with Gasteiger partial charge < -0.3 is 19.5 Å². The predicted molar refractivity (Wildman–Crippen MR) is 106 cm³/mol. The number of alkyl halides is 3. The van der Waals surface area contributed by atoms with Crippen molar-refractivity contribution in [1.82, 2.24) is 5.32 Å². The van der Waals surface area contributed by atoms with Crippen LogP contribution in [0.25, 0.3) is 0 Å². The zero-order valence-corrected chi connectivity index (χ0v) is 16.8. The Bertz CT molecular complexity index is 827. The van der Waals surface area contributed by atoms with Crippen molar-refractivity contribution in [2.45, 2.75) is 32.2 Å². The smallest absolute Gasteiger partial charge is 0.491 e. The molecule has 0 bridgehead atoms. The summed E-state index contributed by atoms with van der Waals surface area (Å²) in [6, 6.07) is 17.2. The normalized spacial score (nSPS) is 11.2. The lowest BCUT2D eigenvalue weighted by Gasteiger charge is -2.10. The molecule has 6 nitrogen and oxygen atoms in total. The predicted octanol–water partition coefficient (Wildman–Crippen LogP) is 3.78. The van der Waals surface area contributed by atoms with E-state index in [2.05, 4.69) is 10.1 Å². The highest BCUT2D eigenvalue weighted by Crippen LogP contribution is 2.17. The number of benzene rings is 2. The molecule has 0 aliphatic heterocycles. The van der Waals surface area contributed by atoms with Crippen LogP contribution in [0.5, 0.6) is 5.75 Å². The van der Waals surface area contributed by atoms with Crippen LogP contribution < -0.4 is 10.1 Å². The van der Waals surface area contributed by atoms with Crippen LogP contribution in [-0.2, 0) is 32.2 Å². The van der Waals surface area contributed by atoms with Gasteiger partial charge >= 0.3 is 18.1 Å². The van der Waals surface area contributed by atoms with Gasteiger partial charge in [0.1, 0.15) is 5.75 Å². The largest absolute Gasteiger partial charge is 0.493 e. The molecule has 0 aliphatic rings. The van der Waals surface area contributed by atoms with Crippen molar-refractivity contribution >= 4 is 11.9 Å². The fourth-order valence-corrected chi connectivity index (χ4v) is 2.50. The Balaban J connectivity index is 1.58. The molecule has 2 aromatic rings. The quantitative estimate of drug-likeness (QED) is 0.308. The lowest BCUT2D eigenvalue weighted by atomic mass is 10.2. The number of rotatable bonds is 12. The number of carbonyl (C=O) groups excluding carboxylic acids is 2. The molecule has 0 unspecified atom stereocenters. The monoisotopic (exact) mass is 439 g/mol. The summed E-state index contributed by atoms with van der Waals surface area (Å²) in [6.07, 6.45) is -4.81. The van der Waals surface area contributed by atoms with Gasteiger partial charge in [-0.2, -0.15) is 13.2 Å². The zero-order chi connectivity index (χ0) is 22.5. The molecule has 0 radical (unpaired) electrons. The molecule has 9 heteroatoms. The van der Waals surface area contributed by atoms with E-state index in [1.54, 1.807) is 0 Å². The molecule has 0 fully saturated rings. The van der Waals surface area contributed by atoms with Gasteiger partial charge in [-0.1, -0.05) is 42.5 Å². The summed E-state index contributed by atoms with van der Waals surface area (Å²) in [5.74, 6) is -3.06. The van der Waals surface area contributed by atoms with Gasteiger partial charge in [0.2, 0.25) is 0 Å². The molecule has 0 heterocycles. The summed E-state index contributed by atoms with van der Waals surface area (Å²) < 4.78 is 51.0. The molecule has 0 aromatic heterocycles. The van der Waals surface area contributed by atoms with Crippen molar-refractivity contribution in [1.29, 1.82) is 0 Å². The van der Waals surface area contributed by atoms with Crippen molar-refractivity contribution in [3.8, 4) is 5.75 Å². The maximum atomic E-state index is 12.0. The number of hydrogen-bond acceptors (Lipinski definition) is 6. The molecule has 0 saturated carbocycles. The third kappa shape index (κ3) is 10.1. The van der Waals surface area contributed by atoms with E-state index in [0.29, 0.717) is 32.1 Å². The van der Waals surface area contributed by atoms with Crippen LogP contribution in [0.1, 0.15) is 24.0 Å². The van der Waals surface area contributed by atoms with Gasteiger partial charge in [-0.3, -0.25) is 4.79 Å². The van der Waals surface area contributed by atoms with Crippen LogP contribution in [0.15, 0.2) is 54.6 Å². The summed E-state index contributed by atoms with van der Waals surface area (Å²) in [6.45, 7) is 2.05. The first-order chi connectivity index (χ1) is 14.8. The van der Waals surface area contributed by atoms with Gasteiger partial charge in [0.15, 0.2) is 0 Å². The molecule has 168 valence electrons. The number of carbonyl (C=O) groups is 2. The van der Waals surface area contributed by atoms with Gasteiger partial charge in [-0.25, -0.2) is 4.79 Å². The first-order valence-corrected chi connectivity index (χ1v) is 9.70. The minimum absolute atomic E-state index is 0.0633. The maximum absolute atomic E-state index is 12.0. The van der Waals surface area contributed by atoms with E-state index in [1.165, 1.54) is 0 Å². The summed E-state index contributed by atoms with van der Waals surface area (Å²) in [5.41, 5.74) is 1.99. The fourth-order valence-electron chi connectivity index (χ4n) is 2.50. The zero-order valence-electron chi connectivity index (χ0n) is 16.8. The van der Waals surface area contributed by atoms with Crippen molar-refractivity contribution in [2.24, 2.45) is 0 Å². The second-order valence-corrected chi connectivity index (χ2v) is 6.57. The van der Waals surface area contributed by atoms with E-state index >= 15 is 0 Å². The molecule has 31 heavy (non-hydrogen) atoms. The average molecular weight is 439 g/mol. The Morgan fingerprint density at radius 1 is 0.935 bits per heavy atom. The highest BCUT2D eigenvalue weighted by molar-refractivity contribution is 5.88. The molecule has 0 saturated heterocycles. The highest BCUT2D eigenvalue weighted by Gasteiger charge is 2.42. The summed E-state index contributed by atoms with van der Waals surface area (Å²) in [7, 11) is 0. The highest BCUT2D eigenvalue weighted by atomic mass is 19.4. The van der Waals surface area contributed by atoms with Crippen molar-refractivity contribution in [3.63, 3.8) is 0 Å². The lowest BCUT2D eigenvalue weighted by molar-refractivity contribution is -0.201. The minimum atomic E-state index is -5.18. The Kier molecular flexibility index (Phi) is 9.99. The molecule has 0 amide bonds. The van der Waals surface area contributed by atoms with Crippen LogP contribution in [0, 0.1) is 0 Å². The van der Waals surface area contributed by atoms with E-state index in [0.717, 1.165) is 17.5 Å². The van der Waals surface area contributed by atoms with Gasteiger partial charge in [-0.15, -0.1) is 0 Å². The van der Waals surface area contributed by atoms with Crippen molar-refractivity contribution < 1.29 is 37.0 Å². The lowest BCUT2D eigenvalue weighted by Crippen LogP contribution is -2.29. The standard InChI is InChI=1S/C22H24F3NO5/c23-22(24,25)21(28)31-20(27)10-11-26-15-18-8-4-9-19(14-18)30-13-5-12-29-16-17-6-2-1-3-7-17/h1-4,6-9,14,26H,5,10-13,15-16H2. The summed E-state index contributed by atoms with van der Waals surface area (Å²) in [5, 5.41) is 2.90. The molecule has 0 atom stereocenters. The molecule has 0 aliphatic carbocycles. The van der Waals surface area contributed by atoms with Gasteiger partial charge in [0.05, 0.1) is 26.2 Å². The molecule has 2 aromatic carbocycles. The third-order valence-corrected chi connectivity index (χ3v) is 3.98. The van der Waals surface area contributed by atoms with E-state index in [4.69, 9.17) is 9.47 Å². The topological polar surface area (TPSA) is 73.9 Å². The SMILES string of the molecule is O=C(CCNCc1cccc(OCCCOCc2ccccc2)c1)OC(=O)C(F)(F)F. The average Bonchev–Trinajstić information content (AvgIpc) is 2.74. The van der Waals surface area contributed by atoms with E-state index in [-0.39, 0.29) is 13.0 Å². The van der Waals surface area contributed by atoms with Crippen LogP contribution in [-0.4, -0.2) is 37.9 Å². The maximum Gasteiger partial charge on any atom is 0.491 e. The minimum Gasteiger partial charge on any atom is -0.493 e. The second-order valence-electron chi connectivity index (χ2n) is 6.57. The fraction of sp³-hybridized carbons (Fsp3) is 0.364. The molecule has 1 N–H and O–H groups in total. The van der Waals surface area contributed by atoms with Crippen molar-refractivity contribution in [2.75, 3.05) is 19.8 Å². The summed E-state index contributed by atoms with van der Waals surface area (Å²) >= 11 is 0. The Labute approximate surface area is 178 Å². The van der Waals surface area contributed by atoms with Gasteiger partial charge in [-0.05, 0) is 23.3 Å². The molecule has 0 spiro atoms. The first-order valence-electron chi connectivity index (χ1n) is 9.70. The first kappa shape index (κ1) is 24.4. The molecular formula is C22H24F3NO5. The van der Waals surface area contributed by atoms with Crippen LogP contribution >= 0.6 is 0 Å². The number of halogens is 3. The second kappa shape index (κ2) is 12.7. The number of esters is 2. The summed E-state index contributed by atoms with van der Waals surface area (Å²) in [4.78, 5) is 21.8. The number of ether oxygens (including phenoxy) is 3. The molecule has 2 rings (SSSR count). The number of hydrogen-bond donors (Lipinski definition) is 1. The Hall–Kier alpha value is -2.91. The van der Waals surface area contributed by atoms with Crippen LogP contribution in [0.4, 0.5) is 13.2 Å². The molecular weight excluding hydrogens is 415 g/mol. The van der Waals surface area contributed by atoms with Crippen molar-refractivity contribution in [3.05, 3.63) is 65.7 Å². The van der Waals surface area contributed by atoms with Gasteiger partial charge in [0.25, 0.3) is 0 Å². The number of nitrogens with one attached hydrogen (secondary N) is 1. The van der Waals surface area contributed by atoms with E-state index in [9.17, 15) is 22.8 Å². The van der Waals surface area contributed by atoms with Crippen LogP contribution in [0.3, 0.4) is 0 Å². The van der Waals surface area contributed by atoms with Gasteiger partial charge in [0, 0.05) is 19.5 Å². The van der Waals surface area contributed by atoms with E-state index in [1.807, 2.05) is 54.6 Å². The third-order valence-electron chi connectivity index (χ3n) is 3.98. The Morgan fingerprint density at radius 2 is 1.68 bits per heavy atom. The van der Waals surface area contributed by atoms with Crippen LogP contribution in [0.2, 0.25) is 0 Å². The Morgan fingerprint density at radius 3 is 2.42 bits per heavy atom.